The quantitative estimate of drug-likeness (QED) is 0.865. The Morgan fingerprint density at radius 3 is 2.67 bits per heavy atom. The topological polar surface area (TPSA) is 55.0 Å². The zero-order chi connectivity index (χ0) is 12.8. The average Bonchev–Trinajstić information content (AvgIpc) is 2.45. The third-order valence-electron chi connectivity index (χ3n) is 2.96. The van der Waals surface area contributed by atoms with Gasteiger partial charge >= 0.3 is 0 Å². The summed E-state index contributed by atoms with van der Waals surface area (Å²) < 4.78 is 0. The van der Waals surface area contributed by atoms with Crippen molar-refractivity contribution in [2.24, 2.45) is 5.73 Å². The predicted molar refractivity (Wildman–Crippen MR) is 73.3 cm³/mol. The Morgan fingerprint density at radius 2 is 1.94 bits per heavy atom. The van der Waals surface area contributed by atoms with E-state index in [9.17, 15) is 0 Å². The Balaban J connectivity index is 2.01. The number of hydrogen-bond donors (Lipinski definition) is 1. The van der Waals surface area contributed by atoms with Crippen molar-refractivity contribution >= 4 is 5.69 Å². The maximum atomic E-state index is 5.70. The lowest BCUT2D eigenvalue weighted by Gasteiger charge is -2.21. The van der Waals surface area contributed by atoms with E-state index in [1.807, 2.05) is 30.6 Å². The largest absolute Gasteiger partial charge is 0.373 e. The van der Waals surface area contributed by atoms with Crippen LogP contribution in [0.1, 0.15) is 11.3 Å². The first-order valence-electron chi connectivity index (χ1n) is 6.05. The molecule has 0 bridgehead atoms. The van der Waals surface area contributed by atoms with Gasteiger partial charge in [-0.3, -0.25) is 9.97 Å². The van der Waals surface area contributed by atoms with Crippen LogP contribution in [0.25, 0.3) is 0 Å². The molecule has 0 aromatic carbocycles. The maximum absolute atomic E-state index is 5.70. The lowest BCUT2D eigenvalue weighted by atomic mass is 10.2. The predicted octanol–water partition coefficient (Wildman–Crippen LogP) is 1.61. The van der Waals surface area contributed by atoms with E-state index in [0.29, 0.717) is 6.54 Å². The minimum absolute atomic E-state index is 0.468. The summed E-state index contributed by atoms with van der Waals surface area (Å²) in [7, 11) is 2.07. The summed E-state index contributed by atoms with van der Waals surface area (Å²) in [6.07, 6.45) is 6.41. The molecule has 0 radical (unpaired) electrons. The first-order valence-corrected chi connectivity index (χ1v) is 6.05. The van der Waals surface area contributed by atoms with Gasteiger partial charge in [-0.1, -0.05) is 0 Å². The first kappa shape index (κ1) is 12.5. The van der Waals surface area contributed by atoms with Crippen molar-refractivity contribution in [1.29, 1.82) is 0 Å². The van der Waals surface area contributed by atoms with E-state index in [0.717, 1.165) is 24.3 Å². The van der Waals surface area contributed by atoms with E-state index < -0.39 is 0 Å². The molecule has 0 aliphatic rings. The van der Waals surface area contributed by atoms with Crippen LogP contribution in [0.3, 0.4) is 0 Å². The number of likely N-dealkylation sites (N-methyl/N-ethyl adjacent to an activating group) is 1. The van der Waals surface area contributed by atoms with Gasteiger partial charge in [0.1, 0.15) is 0 Å². The van der Waals surface area contributed by atoms with Crippen LogP contribution in [0.4, 0.5) is 5.69 Å². The normalized spacial score (nSPS) is 10.3. The second-order valence-electron chi connectivity index (χ2n) is 4.20. The van der Waals surface area contributed by atoms with Gasteiger partial charge in [0, 0.05) is 38.7 Å². The highest BCUT2D eigenvalue weighted by Gasteiger charge is 2.06. The van der Waals surface area contributed by atoms with Gasteiger partial charge in [-0.25, -0.2) is 0 Å². The molecule has 2 N–H and O–H groups in total. The van der Waals surface area contributed by atoms with Crippen LogP contribution in [-0.4, -0.2) is 23.6 Å². The van der Waals surface area contributed by atoms with Crippen molar-refractivity contribution in [3.8, 4) is 0 Å². The number of nitrogens with zero attached hydrogens (tertiary/aromatic N) is 3. The molecule has 2 aromatic rings. The van der Waals surface area contributed by atoms with E-state index in [-0.39, 0.29) is 0 Å². The molecule has 94 valence electrons. The first-order chi connectivity index (χ1) is 8.81. The monoisotopic (exact) mass is 242 g/mol. The average molecular weight is 242 g/mol. The number of nitrogens with two attached hydrogens (primary N) is 1. The molecule has 0 saturated carbocycles. The lowest BCUT2D eigenvalue weighted by Crippen LogP contribution is -2.22. The van der Waals surface area contributed by atoms with Crippen molar-refractivity contribution in [2.45, 2.75) is 13.0 Å². The van der Waals surface area contributed by atoms with Crippen molar-refractivity contribution in [1.82, 2.24) is 9.97 Å². The minimum atomic E-state index is 0.468. The molecule has 0 spiro atoms. The zero-order valence-corrected chi connectivity index (χ0v) is 10.6. The van der Waals surface area contributed by atoms with E-state index in [1.54, 1.807) is 6.20 Å². The van der Waals surface area contributed by atoms with Gasteiger partial charge in [-0.05, 0) is 36.2 Å². The fraction of sp³-hybridized carbons (Fsp3) is 0.286. The third kappa shape index (κ3) is 3.05. The van der Waals surface area contributed by atoms with Gasteiger partial charge in [0.05, 0.1) is 11.4 Å². The van der Waals surface area contributed by atoms with Gasteiger partial charge in [-0.15, -0.1) is 0 Å². The number of anilines is 1. The van der Waals surface area contributed by atoms with Gasteiger partial charge in [0.2, 0.25) is 0 Å². The zero-order valence-electron chi connectivity index (χ0n) is 10.6. The molecule has 0 unspecified atom stereocenters. The molecule has 4 nitrogen and oxygen atoms in total. The maximum Gasteiger partial charge on any atom is 0.0772 e. The summed E-state index contributed by atoms with van der Waals surface area (Å²) in [6, 6.07) is 8.08. The van der Waals surface area contributed by atoms with E-state index in [2.05, 4.69) is 28.0 Å². The SMILES string of the molecule is CN(CCc1ccncc1)c1cccnc1CN. The van der Waals surface area contributed by atoms with Gasteiger partial charge in [0.15, 0.2) is 0 Å². The molecule has 18 heavy (non-hydrogen) atoms. The lowest BCUT2D eigenvalue weighted by molar-refractivity contribution is 0.853. The van der Waals surface area contributed by atoms with Crippen LogP contribution in [0.5, 0.6) is 0 Å². The van der Waals surface area contributed by atoms with Crippen molar-refractivity contribution < 1.29 is 0 Å². The summed E-state index contributed by atoms with van der Waals surface area (Å²) in [6.45, 7) is 1.40. The Hall–Kier alpha value is -1.94. The highest BCUT2D eigenvalue weighted by molar-refractivity contribution is 5.49. The van der Waals surface area contributed by atoms with Gasteiger partial charge < -0.3 is 10.6 Å². The molecule has 0 saturated heterocycles. The summed E-state index contributed by atoms with van der Waals surface area (Å²) in [5.74, 6) is 0. The van der Waals surface area contributed by atoms with Gasteiger partial charge in [-0.2, -0.15) is 0 Å². The minimum Gasteiger partial charge on any atom is -0.373 e. The van der Waals surface area contributed by atoms with Crippen LogP contribution in [-0.2, 0) is 13.0 Å². The number of pyridine rings is 2. The molecule has 4 heteroatoms. The summed E-state index contributed by atoms with van der Waals surface area (Å²) in [5.41, 5.74) is 9.03. The summed E-state index contributed by atoms with van der Waals surface area (Å²) >= 11 is 0. The van der Waals surface area contributed by atoms with Crippen molar-refractivity contribution in [2.75, 3.05) is 18.5 Å². The Labute approximate surface area is 107 Å². The molecule has 2 rings (SSSR count). The van der Waals surface area contributed by atoms with E-state index in [1.165, 1.54) is 5.56 Å². The highest BCUT2D eigenvalue weighted by atomic mass is 15.1. The van der Waals surface area contributed by atoms with Crippen LogP contribution >= 0.6 is 0 Å². The second-order valence-corrected chi connectivity index (χ2v) is 4.20. The van der Waals surface area contributed by atoms with Crippen molar-refractivity contribution in [3.63, 3.8) is 0 Å². The summed E-state index contributed by atoms with van der Waals surface area (Å²) in [5, 5.41) is 0. The fourth-order valence-corrected chi connectivity index (χ4v) is 1.90. The molecule has 2 heterocycles. The molecule has 0 amide bonds. The molecular weight excluding hydrogens is 224 g/mol. The van der Waals surface area contributed by atoms with E-state index in [4.69, 9.17) is 5.73 Å². The number of hydrogen-bond acceptors (Lipinski definition) is 4. The van der Waals surface area contributed by atoms with Crippen LogP contribution in [0.2, 0.25) is 0 Å². The molecule has 0 atom stereocenters. The fourth-order valence-electron chi connectivity index (χ4n) is 1.90. The Morgan fingerprint density at radius 1 is 1.17 bits per heavy atom. The number of rotatable bonds is 5. The van der Waals surface area contributed by atoms with Crippen LogP contribution < -0.4 is 10.6 Å². The van der Waals surface area contributed by atoms with Crippen LogP contribution in [0.15, 0.2) is 42.9 Å². The smallest absolute Gasteiger partial charge is 0.0772 e. The molecule has 2 aromatic heterocycles. The van der Waals surface area contributed by atoms with Crippen molar-refractivity contribution in [3.05, 3.63) is 54.1 Å². The second kappa shape index (κ2) is 6.12. The summed E-state index contributed by atoms with van der Waals surface area (Å²) in [4.78, 5) is 10.5. The van der Waals surface area contributed by atoms with Gasteiger partial charge in [0.25, 0.3) is 0 Å². The Kier molecular flexibility index (Phi) is 4.25. The number of aromatic nitrogens is 2. The molecular formula is C14H18N4. The third-order valence-corrected chi connectivity index (χ3v) is 2.96. The standard InChI is InChI=1S/C14H18N4/c1-18(10-6-12-4-8-16-9-5-12)14-3-2-7-17-13(14)11-15/h2-5,7-9H,6,10-11,15H2,1H3. The highest BCUT2D eigenvalue weighted by Crippen LogP contribution is 2.16. The Bertz CT molecular complexity index is 484. The molecule has 0 fully saturated rings. The van der Waals surface area contributed by atoms with Crippen LogP contribution in [0, 0.1) is 0 Å². The molecule has 0 aliphatic carbocycles. The molecule has 0 aliphatic heterocycles. The van der Waals surface area contributed by atoms with E-state index >= 15 is 0 Å².